The topological polar surface area (TPSA) is 84.4 Å². The zero-order valence-corrected chi connectivity index (χ0v) is 11.4. The quantitative estimate of drug-likeness (QED) is 0.475. The van der Waals surface area contributed by atoms with Gasteiger partial charge in [-0.2, -0.15) is 11.8 Å². The first-order valence-electron chi connectivity index (χ1n) is 5.94. The lowest BCUT2D eigenvalue weighted by Crippen LogP contribution is -2.43. The number of hydrazine groups is 1. The van der Waals surface area contributed by atoms with Crippen LogP contribution in [0.15, 0.2) is 10.6 Å². The van der Waals surface area contributed by atoms with Crippen LogP contribution in [0.1, 0.15) is 30.1 Å². The van der Waals surface area contributed by atoms with Gasteiger partial charge >= 0.3 is 0 Å². The van der Waals surface area contributed by atoms with E-state index in [0.29, 0.717) is 23.6 Å². The van der Waals surface area contributed by atoms with E-state index in [1.807, 2.05) is 17.2 Å². The van der Waals surface area contributed by atoms with Crippen LogP contribution in [0.25, 0.3) is 0 Å². The van der Waals surface area contributed by atoms with E-state index in [1.54, 1.807) is 6.07 Å². The number of nitrogens with two attached hydrogens (primary N) is 1. The number of hydrogen-bond acceptors (Lipinski definition) is 6. The fourth-order valence-corrected chi connectivity index (χ4v) is 3.15. The Morgan fingerprint density at radius 3 is 3.22 bits per heavy atom. The molecule has 0 bridgehead atoms. The van der Waals surface area contributed by atoms with E-state index in [-0.39, 0.29) is 5.69 Å². The van der Waals surface area contributed by atoms with Crippen molar-refractivity contribution in [1.82, 2.24) is 15.5 Å². The lowest BCUT2D eigenvalue weighted by Gasteiger charge is -2.36. The van der Waals surface area contributed by atoms with Gasteiger partial charge in [0.25, 0.3) is 5.91 Å². The van der Waals surface area contributed by atoms with Crippen LogP contribution in [0.3, 0.4) is 0 Å². The smallest absolute Gasteiger partial charge is 0.287 e. The van der Waals surface area contributed by atoms with Crippen LogP contribution in [-0.2, 0) is 6.54 Å². The molecular weight excluding hydrogens is 252 g/mol. The van der Waals surface area contributed by atoms with E-state index >= 15 is 0 Å². The van der Waals surface area contributed by atoms with E-state index in [2.05, 4.69) is 23.9 Å². The number of carbonyl (C=O) groups is 1. The highest BCUT2D eigenvalue weighted by molar-refractivity contribution is 8.00. The van der Waals surface area contributed by atoms with E-state index in [4.69, 9.17) is 10.4 Å². The lowest BCUT2D eigenvalue weighted by atomic mass is 10.2. The number of nitrogens with zero attached hydrogens (tertiary/aromatic N) is 2. The summed E-state index contributed by atoms with van der Waals surface area (Å²) in [5.74, 6) is 6.43. The van der Waals surface area contributed by atoms with Gasteiger partial charge in [-0.05, 0) is 6.92 Å². The third kappa shape index (κ3) is 2.85. The molecule has 0 spiro atoms. The van der Waals surface area contributed by atoms with Gasteiger partial charge in [0, 0.05) is 29.7 Å². The van der Waals surface area contributed by atoms with Gasteiger partial charge in [-0.15, -0.1) is 0 Å². The van der Waals surface area contributed by atoms with Crippen LogP contribution in [0.5, 0.6) is 0 Å². The van der Waals surface area contributed by atoms with Crippen molar-refractivity contribution in [3.63, 3.8) is 0 Å². The Kier molecular flexibility index (Phi) is 4.26. The normalized spacial score (nSPS) is 25.1. The number of hydrogen-bond donors (Lipinski definition) is 2. The molecule has 6 nitrogen and oxygen atoms in total. The lowest BCUT2D eigenvalue weighted by molar-refractivity contribution is 0.0944. The Bertz CT molecular complexity index is 423. The second-order valence-electron chi connectivity index (χ2n) is 4.44. The Hall–Kier alpha value is -1.05. The average molecular weight is 270 g/mol. The maximum absolute atomic E-state index is 11.3. The highest BCUT2D eigenvalue weighted by Gasteiger charge is 2.26. The molecule has 2 atom stereocenters. The molecule has 7 heteroatoms. The summed E-state index contributed by atoms with van der Waals surface area (Å²) in [6, 6.07) is 2.13. The molecule has 1 amide bonds. The standard InChI is InChI=1S/C11H18N4O2S/c1-7-8(2)18-4-3-15(7)6-9-5-10(14-17-9)11(16)13-12/h5,7-8H,3-4,6,12H2,1-2H3,(H,13,16). The summed E-state index contributed by atoms with van der Waals surface area (Å²) in [5.41, 5.74) is 2.26. The highest BCUT2D eigenvalue weighted by Crippen LogP contribution is 2.25. The van der Waals surface area contributed by atoms with Gasteiger partial charge in [0.2, 0.25) is 0 Å². The number of carbonyl (C=O) groups excluding carboxylic acids is 1. The Morgan fingerprint density at radius 1 is 1.72 bits per heavy atom. The van der Waals surface area contributed by atoms with E-state index in [9.17, 15) is 4.79 Å². The van der Waals surface area contributed by atoms with E-state index < -0.39 is 5.91 Å². The molecule has 1 fully saturated rings. The molecule has 1 aliphatic rings. The van der Waals surface area contributed by atoms with Gasteiger partial charge in [0.05, 0.1) is 6.54 Å². The van der Waals surface area contributed by atoms with Crippen molar-refractivity contribution in [1.29, 1.82) is 0 Å². The maximum atomic E-state index is 11.3. The Morgan fingerprint density at radius 2 is 2.50 bits per heavy atom. The minimum absolute atomic E-state index is 0.222. The Labute approximate surface area is 110 Å². The van der Waals surface area contributed by atoms with E-state index in [1.165, 1.54) is 0 Å². The highest BCUT2D eigenvalue weighted by atomic mass is 32.2. The monoisotopic (exact) mass is 270 g/mol. The molecule has 18 heavy (non-hydrogen) atoms. The first kappa shape index (κ1) is 13.4. The molecule has 3 N–H and O–H groups in total. The van der Waals surface area contributed by atoms with Crippen molar-refractivity contribution in [2.45, 2.75) is 31.7 Å². The molecule has 1 aromatic heterocycles. The van der Waals surface area contributed by atoms with Crippen LogP contribution in [0.4, 0.5) is 0 Å². The van der Waals surface area contributed by atoms with Crippen LogP contribution < -0.4 is 11.3 Å². The van der Waals surface area contributed by atoms with Crippen molar-refractivity contribution in [2.24, 2.45) is 5.84 Å². The van der Waals surface area contributed by atoms with Gasteiger partial charge in [-0.25, -0.2) is 5.84 Å². The van der Waals surface area contributed by atoms with Crippen molar-refractivity contribution >= 4 is 17.7 Å². The number of amides is 1. The first-order chi connectivity index (χ1) is 8.61. The van der Waals surface area contributed by atoms with Crippen molar-refractivity contribution < 1.29 is 9.32 Å². The Balaban J connectivity index is 2.00. The summed E-state index contributed by atoms with van der Waals surface area (Å²) < 4.78 is 5.16. The molecule has 2 heterocycles. The van der Waals surface area contributed by atoms with Crippen molar-refractivity contribution in [3.8, 4) is 0 Å². The predicted octanol–water partition coefficient (Wildman–Crippen LogP) is 0.604. The van der Waals surface area contributed by atoms with Crippen LogP contribution in [0, 0.1) is 0 Å². The predicted molar refractivity (Wildman–Crippen MR) is 69.9 cm³/mol. The maximum Gasteiger partial charge on any atom is 0.287 e. The van der Waals surface area contributed by atoms with Gasteiger partial charge in [0.1, 0.15) is 0 Å². The first-order valence-corrected chi connectivity index (χ1v) is 6.99. The minimum atomic E-state index is -0.430. The van der Waals surface area contributed by atoms with Crippen LogP contribution in [-0.4, -0.2) is 39.6 Å². The molecule has 1 aliphatic heterocycles. The summed E-state index contributed by atoms with van der Waals surface area (Å²) in [5, 5.41) is 4.30. The second kappa shape index (κ2) is 5.73. The summed E-state index contributed by atoms with van der Waals surface area (Å²) in [6.45, 7) is 6.14. The number of rotatable bonds is 3. The molecular formula is C11H18N4O2S. The molecule has 0 aromatic carbocycles. The molecule has 0 aliphatic carbocycles. The summed E-state index contributed by atoms with van der Waals surface area (Å²) in [7, 11) is 0. The number of nitrogens with one attached hydrogen (secondary N) is 1. The molecule has 0 radical (unpaired) electrons. The van der Waals surface area contributed by atoms with E-state index in [0.717, 1.165) is 12.3 Å². The summed E-state index contributed by atoms with van der Waals surface area (Å²) in [4.78, 5) is 13.6. The molecule has 100 valence electrons. The molecule has 0 saturated carbocycles. The van der Waals surface area contributed by atoms with Gasteiger partial charge in [-0.1, -0.05) is 12.1 Å². The molecule has 1 aromatic rings. The van der Waals surface area contributed by atoms with Crippen molar-refractivity contribution in [3.05, 3.63) is 17.5 Å². The third-order valence-electron chi connectivity index (χ3n) is 3.30. The number of thioether (sulfide) groups is 1. The second-order valence-corrected chi connectivity index (χ2v) is 5.92. The molecule has 1 saturated heterocycles. The molecule has 2 rings (SSSR count). The largest absolute Gasteiger partial charge is 0.359 e. The third-order valence-corrected chi connectivity index (χ3v) is 4.63. The zero-order valence-electron chi connectivity index (χ0n) is 10.5. The van der Waals surface area contributed by atoms with Crippen LogP contribution >= 0.6 is 11.8 Å². The minimum Gasteiger partial charge on any atom is -0.359 e. The fourth-order valence-electron chi connectivity index (χ4n) is 1.99. The average Bonchev–Trinajstić information content (AvgIpc) is 2.82. The number of aromatic nitrogens is 1. The van der Waals surface area contributed by atoms with Gasteiger partial charge in [0.15, 0.2) is 11.5 Å². The number of nitrogen functional groups attached to an aromatic ring is 1. The molecule has 2 unspecified atom stereocenters. The summed E-state index contributed by atoms with van der Waals surface area (Å²) in [6.07, 6.45) is 0. The van der Waals surface area contributed by atoms with Crippen LogP contribution in [0.2, 0.25) is 0 Å². The SMILES string of the molecule is CC1SCCN(Cc2cc(C(=O)NN)no2)C1C. The fraction of sp³-hybridized carbons (Fsp3) is 0.636. The zero-order chi connectivity index (χ0) is 13.1. The van der Waals surface area contributed by atoms with Gasteiger partial charge < -0.3 is 4.52 Å². The summed E-state index contributed by atoms with van der Waals surface area (Å²) >= 11 is 1.99. The van der Waals surface area contributed by atoms with Crippen molar-refractivity contribution in [2.75, 3.05) is 12.3 Å². The van der Waals surface area contributed by atoms with Gasteiger partial charge in [-0.3, -0.25) is 15.1 Å².